The molecule has 1 aliphatic heterocycles. The Labute approximate surface area is 115 Å². The average Bonchev–Trinajstić information content (AvgIpc) is 3.12. The Morgan fingerprint density at radius 3 is 2.32 bits per heavy atom. The Hall–Kier alpha value is -1.35. The second kappa shape index (κ2) is 4.34. The van der Waals surface area contributed by atoms with Gasteiger partial charge in [-0.3, -0.25) is 10.1 Å². The number of nitrogens with zero attached hydrogens (tertiary/aromatic N) is 1. The molecule has 0 radical (unpaired) electrons. The van der Waals surface area contributed by atoms with E-state index in [1.807, 2.05) is 4.90 Å². The fourth-order valence-electron chi connectivity index (χ4n) is 2.73. The summed E-state index contributed by atoms with van der Waals surface area (Å²) in [5.74, 6) is 0.243. The summed E-state index contributed by atoms with van der Waals surface area (Å²) >= 11 is 0. The van der Waals surface area contributed by atoms with E-state index in [-0.39, 0.29) is 17.5 Å². The molecule has 1 unspecified atom stereocenters. The fraction of sp³-hybridized carbons (Fsp3) is 0.562. The highest BCUT2D eigenvalue weighted by Gasteiger charge is 2.41. The normalized spacial score (nSPS) is 24.1. The van der Waals surface area contributed by atoms with Crippen molar-refractivity contribution in [2.45, 2.75) is 51.2 Å². The highest BCUT2D eigenvalue weighted by atomic mass is 16.2. The van der Waals surface area contributed by atoms with Gasteiger partial charge in [-0.1, -0.05) is 45.0 Å². The third kappa shape index (κ3) is 2.39. The second-order valence-electron chi connectivity index (χ2n) is 6.69. The van der Waals surface area contributed by atoms with E-state index >= 15 is 0 Å². The summed E-state index contributed by atoms with van der Waals surface area (Å²) in [5.41, 5.74) is 2.71. The van der Waals surface area contributed by atoms with Crippen LogP contribution in [0.4, 0.5) is 0 Å². The summed E-state index contributed by atoms with van der Waals surface area (Å²) in [5, 5.41) is 3.33. The van der Waals surface area contributed by atoms with Crippen LogP contribution in [-0.4, -0.2) is 23.4 Å². The summed E-state index contributed by atoms with van der Waals surface area (Å²) < 4.78 is 0. The van der Waals surface area contributed by atoms with E-state index in [1.165, 1.54) is 11.1 Å². The van der Waals surface area contributed by atoms with Gasteiger partial charge in [-0.2, -0.15) is 0 Å². The van der Waals surface area contributed by atoms with Crippen LogP contribution >= 0.6 is 0 Å². The summed E-state index contributed by atoms with van der Waals surface area (Å²) in [6, 6.07) is 9.16. The molecule has 1 saturated carbocycles. The molecule has 1 N–H and O–H groups in total. The van der Waals surface area contributed by atoms with Crippen LogP contribution in [0.1, 0.15) is 50.9 Å². The number of carbonyl (C=O) groups excluding carboxylic acids is 1. The van der Waals surface area contributed by atoms with Crippen molar-refractivity contribution in [3.8, 4) is 0 Å². The predicted molar refractivity (Wildman–Crippen MR) is 75.8 cm³/mol. The van der Waals surface area contributed by atoms with E-state index in [1.54, 1.807) is 0 Å². The minimum Gasteiger partial charge on any atom is -0.319 e. The maximum absolute atomic E-state index is 11.9. The minimum absolute atomic E-state index is 0.0778. The first-order chi connectivity index (χ1) is 8.97. The molecule has 3 heteroatoms. The third-order valence-corrected chi connectivity index (χ3v) is 4.05. The molecule has 3 rings (SSSR count). The fourth-order valence-corrected chi connectivity index (χ4v) is 2.73. The molecule has 19 heavy (non-hydrogen) atoms. The van der Waals surface area contributed by atoms with Crippen molar-refractivity contribution in [3.63, 3.8) is 0 Å². The molecule has 1 amide bonds. The van der Waals surface area contributed by atoms with Gasteiger partial charge in [0, 0.05) is 6.04 Å². The number of amides is 1. The molecule has 1 aromatic rings. The Balaban J connectivity index is 1.84. The van der Waals surface area contributed by atoms with Gasteiger partial charge in [-0.15, -0.1) is 0 Å². The van der Waals surface area contributed by atoms with Gasteiger partial charge in [-0.25, -0.2) is 0 Å². The lowest BCUT2D eigenvalue weighted by Crippen LogP contribution is -2.32. The van der Waals surface area contributed by atoms with Gasteiger partial charge in [-0.05, 0) is 29.4 Å². The van der Waals surface area contributed by atoms with Crippen molar-refractivity contribution in [3.05, 3.63) is 35.4 Å². The average molecular weight is 258 g/mol. The standard InChI is InChI=1S/C16H22N2O/c1-16(2,3)12-6-4-11(5-7-12)15-17-10-14(19)18(15)13-8-9-13/h4-7,13,15,17H,8-10H2,1-3H3. The third-order valence-electron chi connectivity index (χ3n) is 4.05. The predicted octanol–water partition coefficient (Wildman–Crippen LogP) is 2.58. The van der Waals surface area contributed by atoms with Gasteiger partial charge in [0.25, 0.3) is 0 Å². The van der Waals surface area contributed by atoms with Crippen molar-refractivity contribution < 1.29 is 4.79 Å². The number of rotatable bonds is 2. The molecule has 0 bridgehead atoms. The topological polar surface area (TPSA) is 32.3 Å². The lowest BCUT2D eigenvalue weighted by Gasteiger charge is -2.25. The quantitative estimate of drug-likeness (QED) is 0.884. The van der Waals surface area contributed by atoms with E-state index < -0.39 is 0 Å². The van der Waals surface area contributed by atoms with Crippen LogP contribution in [0.2, 0.25) is 0 Å². The van der Waals surface area contributed by atoms with Gasteiger partial charge in [0.15, 0.2) is 0 Å². The first kappa shape index (κ1) is 12.7. The van der Waals surface area contributed by atoms with Crippen LogP contribution in [0.3, 0.4) is 0 Å². The molecular weight excluding hydrogens is 236 g/mol. The first-order valence-electron chi connectivity index (χ1n) is 7.12. The molecule has 2 aliphatic rings. The van der Waals surface area contributed by atoms with Crippen molar-refractivity contribution in [1.29, 1.82) is 0 Å². The van der Waals surface area contributed by atoms with Crippen LogP contribution in [-0.2, 0) is 10.2 Å². The van der Waals surface area contributed by atoms with Gasteiger partial charge in [0.05, 0.1) is 6.54 Å². The van der Waals surface area contributed by atoms with Crippen LogP contribution in [0.15, 0.2) is 24.3 Å². The van der Waals surface area contributed by atoms with Gasteiger partial charge in [0.2, 0.25) is 5.91 Å². The lowest BCUT2D eigenvalue weighted by molar-refractivity contribution is -0.128. The molecule has 102 valence electrons. The largest absolute Gasteiger partial charge is 0.319 e. The molecule has 1 aliphatic carbocycles. The van der Waals surface area contributed by atoms with Crippen molar-refractivity contribution in [2.24, 2.45) is 0 Å². The van der Waals surface area contributed by atoms with Gasteiger partial charge in [0.1, 0.15) is 6.17 Å². The Morgan fingerprint density at radius 1 is 1.16 bits per heavy atom. The Morgan fingerprint density at radius 2 is 1.79 bits per heavy atom. The molecule has 2 fully saturated rings. The Bertz CT molecular complexity index is 482. The monoisotopic (exact) mass is 258 g/mol. The second-order valence-corrected chi connectivity index (χ2v) is 6.69. The van der Waals surface area contributed by atoms with Crippen molar-refractivity contribution in [1.82, 2.24) is 10.2 Å². The van der Waals surface area contributed by atoms with E-state index in [4.69, 9.17) is 0 Å². The highest BCUT2D eigenvalue weighted by Crippen LogP contribution is 2.36. The number of benzene rings is 1. The summed E-state index contributed by atoms with van der Waals surface area (Å²) in [6.07, 6.45) is 2.39. The van der Waals surface area contributed by atoms with Crippen LogP contribution in [0, 0.1) is 0 Å². The summed E-state index contributed by atoms with van der Waals surface area (Å²) in [4.78, 5) is 14.0. The number of hydrogen-bond donors (Lipinski definition) is 1. The van der Waals surface area contributed by atoms with Crippen LogP contribution in [0.25, 0.3) is 0 Å². The highest BCUT2D eigenvalue weighted by molar-refractivity contribution is 5.81. The van der Waals surface area contributed by atoms with E-state index in [0.29, 0.717) is 12.6 Å². The zero-order valence-corrected chi connectivity index (χ0v) is 11.9. The SMILES string of the molecule is CC(C)(C)c1ccc(C2NCC(=O)N2C2CC2)cc1. The zero-order valence-electron chi connectivity index (χ0n) is 11.9. The molecular formula is C16H22N2O. The van der Waals surface area contributed by atoms with Crippen molar-refractivity contribution in [2.75, 3.05) is 6.54 Å². The maximum Gasteiger partial charge on any atom is 0.238 e. The van der Waals surface area contributed by atoms with Crippen LogP contribution in [0.5, 0.6) is 0 Å². The molecule has 1 aromatic carbocycles. The summed E-state index contributed by atoms with van der Waals surface area (Å²) in [6.45, 7) is 7.13. The Kier molecular flexibility index (Phi) is 2.90. The molecule has 1 atom stereocenters. The van der Waals surface area contributed by atoms with E-state index in [2.05, 4.69) is 50.4 Å². The van der Waals surface area contributed by atoms with Crippen molar-refractivity contribution >= 4 is 5.91 Å². The summed E-state index contributed by atoms with van der Waals surface area (Å²) in [7, 11) is 0. The number of nitrogens with one attached hydrogen (secondary N) is 1. The van der Waals surface area contributed by atoms with Crippen LogP contribution < -0.4 is 5.32 Å². The molecule has 3 nitrogen and oxygen atoms in total. The molecule has 0 aromatic heterocycles. The minimum atomic E-state index is 0.0778. The van der Waals surface area contributed by atoms with Gasteiger partial charge >= 0.3 is 0 Å². The van der Waals surface area contributed by atoms with E-state index in [9.17, 15) is 4.79 Å². The lowest BCUT2D eigenvalue weighted by atomic mass is 9.86. The zero-order chi connectivity index (χ0) is 13.6. The number of hydrogen-bond acceptors (Lipinski definition) is 2. The molecule has 0 spiro atoms. The first-order valence-corrected chi connectivity index (χ1v) is 7.12. The smallest absolute Gasteiger partial charge is 0.238 e. The van der Waals surface area contributed by atoms with E-state index in [0.717, 1.165) is 12.8 Å². The molecule has 1 heterocycles. The maximum atomic E-state index is 11.9. The molecule has 1 saturated heterocycles. The van der Waals surface area contributed by atoms with Gasteiger partial charge < -0.3 is 4.90 Å². The number of carbonyl (C=O) groups is 1.